The standard InChI is InChI=1S/C21H23N3O4/c1-3-24-17-9-8-15(12-18(17)28-20(24)26)22-19(25)23-11-10-21(27,13-23)16-7-5-4-6-14(16)2/h4-9,12,27H,3,10-11,13H2,1-2H3,(H,22,25)/t21-/m1/s1. The molecule has 0 aliphatic carbocycles. The van der Waals surface area contributed by atoms with Gasteiger partial charge in [-0.1, -0.05) is 24.3 Å². The Balaban J connectivity index is 1.51. The number of hydrogen-bond acceptors (Lipinski definition) is 4. The molecule has 1 atom stereocenters. The van der Waals surface area contributed by atoms with E-state index in [2.05, 4.69) is 5.32 Å². The van der Waals surface area contributed by atoms with Crippen LogP contribution < -0.4 is 11.1 Å². The normalized spacial score (nSPS) is 19.3. The van der Waals surface area contributed by atoms with Gasteiger partial charge in [-0.05, 0) is 43.5 Å². The van der Waals surface area contributed by atoms with Gasteiger partial charge in [0.15, 0.2) is 5.58 Å². The van der Waals surface area contributed by atoms with Crippen molar-refractivity contribution < 1.29 is 14.3 Å². The monoisotopic (exact) mass is 381 g/mol. The largest absolute Gasteiger partial charge is 0.419 e. The van der Waals surface area contributed by atoms with Crippen molar-refractivity contribution in [1.82, 2.24) is 9.47 Å². The summed E-state index contributed by atoms with van der Waals surface area (Å²) in [6.45, 7) is 5.03. The summed E-state index contributed by atoms with van der Waals surface area (Å²) < 4.78 is 6.78. The van der Waals surface area contributed by atoms with E-state index in [9.17, 15) is 14.7 Å². The number of rotatable bonds is 3. The molecule has 4 rings (SSSR count). The molecule has 1 aromatic heterocycles. The average molecular weight is 381 g/mol. The number of nitrogens with one attached hydrogen (secondary N) is 1. The van der Waals surface area contributed by atoms with Gasteiger partial charge in [0.25, 0.3) is 0 Å². The fraction of sp³-hybridized carbons (Fsp3) is 0.333. The number of carbonyl (C=O) groups is 1. The zero-order valence-electron chi connectivity index (χ0n) is 15.9. The van der Waals surface area contributed by atoms with E-state index in [1.54, 1.807) is 23.1 Å². The molecular weight excluding hydrogens is 358 g/mol. The number of aryl methyl sites for hydroxylation is 2. The number of urea groups is 1. The number of carbonyl (C=O) groups excluding carboxylic acids is 1. The number of aromatic nitrogens is 1. The number of oxazole rings is 1. The first-order chi connectivity index (χ1) is 13.4. The van der Waals surface area contributed by atoms with Gasteiger partial charge in [0.2, 0.25) is 0 Å². The van der Waals surface area contributed by atoms with E-state index in [4.69, 9.17) is 4.42 Å². The molecule has 2 heterocycles. The Hall–Kier alpha value is -3.06. The minimum atomic E-state index is -1.04. The number of nitrogens with zero attached hydrogens (tertiary/aromatic N) is 2. The van der Waals surface area contributed by atoms with Crippen LogP contribution in [-0.2, 0) is 12.1 Å². The lowest BCUT2D eigenvalue weighted by atomic mass is 9.89. The quantitative estimate of drug-likeness (QED) is 0.730. The maximum Gasteiger partial charge on any atom is 0.419 e. The van der Waals surface area contributed by atoms with Crippen molar-refractivity contribution in [2.24, 2.45) is 0 Å². The summed E-state index contributed by atoms with van der Waals surface area (Å²) in [4.78, 5) is 26.1. The molecule has 2 amide bonds. The van der Waals surface area contributed by atoms with E-state index < -0.39 is 11.4 Å². The van der Waals surface area contributed by atoms with E-state index in [0.29, 0.717) is 36.3 Å². The molecule has 146 valence electrons. The first-order valence-electron chi connectivity index (χ1n) is 9.39. The van der Waals surface area contributed by atoms with Gasteiger partial charge in [-0.15, -0.1) is 0 Å². The molecular formula is C21H23N3O4. The molecule has 1 fully saturated rings. The van der Waals surface area contributed by atoms with Crippen molar-refractivity contribution in [1.29, 1.82) is 0 Å². The molecule has 2 N–H and O–H groups in total. The van der Waals surface area contributed by atoms with Crippen LogP contribution in [0.1, 0.15) is 24.5 Å². The van der Waals surface area contributed by atoms with Crippen molar-refractivity contribution in [3.63, 3.8) is 0 Å². The first-order valence-corrected chi connectivity index (χ1v) is 9.39. The number of anilines is 1. The first kappa shape index (κ1) is 18.3. The molecule has 1 aliphatic heterocycles. The average Bonchev–Trinajstić information content (AvgIpc) is 3.21. The highest BCUT2D eigenvalue weighted by molar-refractivity contribution is 5.91. The summed E-state index contributed by atoms with van der Waals surface area (Å²) in [5.41, 5.74) is 2.49. The highest BCUT2D eigenvalue weighted by Crippen LogP contribution is 2.34. The molecule has 1 aliphatic rings. The van der Waals surface area contributed by atoms with Gasteiger partial charge < -0.3 is 19.7 Å². The highest BCUT2D eigenvalue weighted by atomic mass is 16.4. The fourth-order valence-electron chi connectivity index (χ4n) is 3.93. The molecule has 0 saturated carbocycles. The summed E-state index contributed by atoms with van der Waals surface area (Å²) >= 11 is 0. The van der Waals surface area contributed by atoms with Crippen molar-refractivity contribution >= 4 is 22.8 Å². The number of benzene rings is 2. The Kier molecular flexibility index (Phi) is 4.47. The minimum Gasteiger partial charge on any atom is -0.408 e. The molecule has 7 heteroatoms. The van der Waals surface area contributed by atoms with E-state index in [-0.39, 0.29) is 12.6 Å². The van der Waals surface area contributed by atoms with Gasteiger partial charge in [0, 0.05) is 24.8 Å². The maximum absolute atomic E-state index is 12.7. The Bertz CT molecular complexity index is 1100. The second kappa shape index (κ2) is 6.83. The second-order valence-electron chi connectivity index (χ2n) is 7.24. The zero-order chi connectivity index (χ0) is 19.9. The molecule has 2 aromatic carbocycles. The van der Waals surface area contributed by atoms with Crippen LogP contribution in [0.2, 0.25) is 0 Å². The second-order valence-corrected chi connectivity index (χ2v) is 7.24. The van der Waals surface area contributed by atoms with Crippen LogP contribution in [-0.4, -0.2) is 33.7 Å². The van der Waals surface area contributed by atoms with Gasteiger partial charge in [-0.2, -0.15) is 0 Å². The topological polar surface area (TPSA) is 87.7 Å². The van der Waals surface area contributed by atoms with E-state index in [0.717, 1.165) is 11.1 Å². The summed E-state index contributed by atoms with van der Waals surface area (Å²) in [6, 6.07) is 12.5. The Morgan fingerprint density at radius 3 is 2.82 bits per heavy atom. The van der Waals surface area contributed by atoms with Crippen LogP contribution >= 0.6 is 0 Å². The molecule has 1 saturated heterocycles. The zero-order valence-corrected chi connectivity index (χ0v) is 15.9. The number of fused-ring (bicyclic) bond motifs is 1. The van der Waals surface area contributed by atoms with Gasteiger partial charge in [0.05, 0.1) is 12.1 Å². The lowest BCUT2D eigenvalue weighted by Gasteiger charge is -2.25. The van der Waals surface area contributed by atoms with Gasteiger partial charge in [-0.3, -0.25) is 4.57 Å². The summed E-state index contributed by atoms with van der Waals surface area (Å²) in [5, 5.41) is 13.9. The SMILES string of the molecule is CCn1c(=O)oc2cc(NC(=O)N3CC[C@](O)(c4ccccc4C)C3)ccc21. The van der Waals surface area contributed by atoms with Crippen LogP contribution in [0.5, 0.6) is 0 Å². The summed E-state index contributed by atoms with van der Waals surface area (Å²) in [6.07, 6.45) is 0.485. The third kappa shape index (κ3) is 3.07. The van der Waals surface area contributed by atoms with Crippen molar-refractivity contribution in [3.05, 3.63) is 64.1 Å². The number of amides is 2. The summed E-state index contributed by atoms with van der Waals surface area (Å²) in [7, 11) is 0. The van der Waals surface area contributed by atoms with Crippen LogP contribution in [0.15, 0.2) is 51.7 Å². The molecule has 0 radical (unpaired) electrons. The smallest absolute Gasteiger partial charge is 0.408 e. The number of β-amino-alcohol motifs (C(OH)–C–C–N with tert-alkyl or cyclic N) is 1. The number of likely N-dealkylation sites (tertiary alicyclic amines) is 1. The molecule has 7 nitrogen and oxygen atoms in total. The predicted octanol–water partition coefficient (Wildman–Crippen LogP) is 3.05. The van der Waals surface area contributed by atoms with Crippen LogP contribution in [0.4, 0.5) is 10.5 Å². The lowest BCUT2D eigenvalue weighted by molar-refractivity contribution is 0.0494. The van der Waals surface area contributed by atoms with E-state index in [1.165, 1.54) is 4.57 Å². The molecule has 0 spiro atoms. The molecule has 3 aromatic rings. The molecule has 0 unspecified atom stereocenters. The lowest BCUT2D eigenvalue weighted by Crippen LogP contribution is -2.37. The predicted molar refractivity (Wildman–Crippen MR) is 106 cm³/mol. The third-order valence-electron chi connectivity index (χ3n) is 5.42. The fourth-order valence-corrected chi connectivity index (χ4v) is 3.93. The van der Waals surface area contributed by atoms with Gasteiger partial charge >= 0.3 is 11.8 Å². The number of hydrogen-bond donors (Lipinski definition) is 2. The highest BCUT2D eigenvalue weighted by Gasteiger charge is 2.40. The summed E-state index contributed by atoms with van der Waals surface area (Å²) in [5.74, 6) is -0.413. The third-order valence-corrected chi connectivity index (χ3v) is 5.42. The maximum atomic E-state index is 12.7. The Labute approximate surface area is 162 Å². The molecule has 28 heavy (non-hydrogen) atoms. The van der Waals surface area contributed by atoms with Gasteiger partial charge in [0.1, 0.15) is 5.60 Å². The minimum absolute atomic E-state index is 0.229. The Morgan fingerprint density at radius 1 is 1.29 bits per heavy atom. The van der Waals surface area contributed by atoms with Crippen LogP contribution in [0.25, 0.3) is 11.1 Å². The van der Waals surface area contributed by atoms with E-state index >= 15 is 0 Å². The number of aliphatic hydroxyl groups is 1. The van der Waals surface area contributed by atoms with Crippen molar-refractivity contribution in [3.8, 4) is 0 Å². The van der Waals surface area contributed by atoms with Crippen LogP contribution in [0.3, 0.4) is 0 Å². The van der Waals surface area contributed by atoms with Crippen LogP contribution in [0, 0.1) is 6.92 Å². The Morgan fingerprint density at radius 2 is 2.07 bits per heavy atom. The van der Waals surface area contributed by atoms with Gasteiger partial charge in [-0.25, -0.2) is 9.59 Å². The van der Waals surface area contributed by atoms with Crippen molar-refractivity contribution in [2.45, 2.75) is 32.4 Å². The molecule has 0 bridgehead atoms. The van der Waals surface area contributed by atoms with E-state index in [1.807, 2.05) is 38.1 Å². The van der Waals surface area contributed by atoms with Crippen molar-refractivity contribution in [2.75, 3.05) is 18.4 Å².